The molecule has 4 rings (SSSR count). The molecule has 1 aliphatic carbocycles. The molecule has 0 aromatic carbocycles. The second-order valence-corrected chi connectivity index (χ2v) is 5.47. The van der Waals surface area contributed by atoms with Crippen molar-refractivity contribution in [2.75, 3.05) is 26.2 Å². The number of carbonyl (C=O) groups is 1. The Labute approximate surface area is 91.2 Å². The molecular weight excluding hydrogens is 188 g/mol. The van der Waals surface area contributed by atoms with Crippen molar-refractivity contribution < 1.29 is 4.79 Å². The van der Waals surface area contributed by atoms with Gasteiger partial charge in [0.15, 0.2) is 0 Å². The molecule has 3 heterocycles. The molecule has 1 atom stereocenters. The number of hydrogen-bond acceptors (Lipinski definition) is 2. The Kier molecular flexibility index (Phi) is 2.43. The minimum atomic E-state index is 0.408. The Bertz CT molecular complexity index is 254. The summed E-state index contributed by atoms with van der Waals surface area (Å²) in [6.07, 6.45) is 4.87. The molecule has 0 aromatic rings. The third-order valence-corrected chi connectivity index (χ3v) is 4.34. The van der Waals surface area contributed by atoms with E-state index in [2.05, 4.69) is 10.2 Å². The second-order valence-electron chi connectivity index (χ2n) is 5.47. The van der Waals surface area contributed by atoms with Crippen LogP contribution in [0.5, 0.6) is 0 Å². The second kappa shape index (κ2) is 3.78. The van der Waals surface area contributed by atoms with E-state index in [4.69, 9.17) is 0 Å². The lowest BCUT2D eigenvalue weighted by molar-refractivity contribution is -0.149. The number of hydrogen-bond donors (Lipinski definition) is 1. The molecule has 3 nitrogen and oxygen atoms in total. The molecule has 1 N–H and O–H groups in total. The van der Waals surface area contributed by atoms with Crippen molar-refractivity contribution in [3.8, 4) is 0 Å². The van der Waals surface area contributed by atoms with Crippen molar-refractivity contribution in [1.29, 1.82) is 0 Å². The van der Waals surface area contributed by atoms with Crippen LogP contribution in [0.15, 0.2) is 0 Å². The highest BCUT2D eigenvalue weighted by atomic mass is 16.2. The number of fused-ring (bicyclic) bond motifs is 2. The van der Waals surface area contributed by atoms with Crippen LogP contribution in [0.4, 0.5) is 0 Å². The lowest BCUT2D eigenvalue weighted by Crippen LogP contribution is -2.53. The van der Waals surface area contributed by atoms with E-state index < -0.39 is 0 Å². The minimum Gasteiger partial charge on any atom is -0.342 e. The predicted molar refractivity (Wildman–Crippen MR) is 58.4 cm³/mol. The van der Waals surface area contributed by atoms with Gasteiger partial charge in [-0.1, -0.05) is 0 Å². The third-order valence-electron chi connectivity index (χ3n) is 4.34. The van der Waals surface area contributed by atoms with E-state index in [1.807, 2.05) is 0 Å². The first-order valence-electron chi connectivity index (χ1n) is 6.32. The first kappa shape index (κ1) is 9.64. The maximum Gasteiger partial charge on any atom is 0.225 e. The summed E-state index contributed by atoms with van der Waals surface area (Å²) in [4.78, 5) is 14.0. The van der Waals surface area contributed by atoms with Crippen LogP contribution in [-0.4, -0.2) is 37.0 Å². The monoisotopic (exact) mass is 208 g/mol. The van der Waals surface area contributed by atoms with Gasteiger partial charge in [-0.15, -0.1) is 0 Å². The fourth-order valence-corrected chi connectivity index (χ4v) is 3.25. The molecule has 3 heteroatoms. The molecule has 84 valence electrons. The third kappa shape index (κ3) is 1.78. The lowest BCUT2D eigenvalue weighted by atomic mass is 9.70. The molecule has 0 spiro atoms. The quantitative estimate of drug-likeness (QED) is 0.746. The normalized spacial score (nSPS) is 39.3. The molecule has 0 radical (unpaired) electrons. The summed E-state index contributed by atoms with van der Waals surface area (Å²) >= 11 is 0. The zero-order chi connectivity index (χ0) is 10.3. The van der Waals surface area contributed by atoms with Crippen LogP contribution in [-0.2, 0) is 4.79 Å². The number of amides is 1. The van der Waals surface area contributed by atoms with Crippen LogP contribution in [0, 0.1) is 17.8 Å². The molecule has 4 aliphatic rings. The largest absolute Gasteiger partial charge is 0.342 e. The van der Waals surface area contributed by atoms with Crippen molar-refractivity contribution in [1.82, 2.24) is 10.2 Å². The first-order chi connectivity index (χ1) is 7.33. The topological polar surface area (TPSA) is 32.3 Å². The van der Waals surface area contributed by atoms with Gasteiger partial charge in [0.1, 0.15) is 0 Å². The fourth-order valence-electron chi connectivity index (χ4n) is 3.25. The number of carbonyl (C=O) groups excluding carboxylic acids is 1. The first-order valence-corrected chi connectivity index (χ1v) is 6.32. The van der Waals surface area contributed by atoms with Crippen molar-refractivity contribution in [2.45, 2.75) is 25.7 Å². The van der Waals surface area contributed by atoms with E-state index in [0.717, 1.165) is 31.5 Å². The Morgan fingerprint density at radius 2 is 2.27 bits per heavy atom. The molecule has 15 heavy (non-hydrogen) atoms. The number of nitrogens with zero attached hydrogens (tertiary/aromatic N) is 1. The molecule has 1 amide bonds. The van der Waals surface area contributed by atoms with E-state index >= 15 is 0 Å². The van der Waals surface area contributed by atoms with Crippen LogP contribution in [0.25, 0.3) is 0 Å². The smallest absolute Gasteiger partial charge is 0.225 e. The molecule has 3 saturated heterocycles. The highest BCUT2D eigenvalue weighted by Gasteiger charge is 2.43. The van der Waals surface area contributed by atoms with Crippen LogP contribution >= 0.6 is 0 Å². The van der Waals surface area contributed by atoms with Crippen molar-refractivity contribution in [2.24, 2.45) is 17.8 Å². The molecule has 3 aliphatic heterocycles. The molecule has 2 bridgehead atoms. The average Bonchev–Trinajstić information content (AvgIpc) is 2.66. The molecule has 1 saturated carbocycles. The van der Waals surface area contributed by atoms with E-state index in [9.17, 15) is 4.79 Å². The molecule has 0 aromatic heterocycles. The SMILES string of the molecule is O=C1C2CC(C2)CN1CCC1CCNC1. The minimum absolute atomic E-state index is 0.408. The van der Waals surface area contributed by atoms with Crippen LogP contribution < -0.4 is 5.32 Å². The maximum absolute atomic E-state index is 11.9. The summed E-state index contributed by atoms with van der Waals surface area (Å²) in [5.74, 6) is 2.51. The predicted octanol–water partition coefficient (Wildman–Crippen LogP) is 0.854. The number of nitrogens with one attached hydrogen (secondary N) is 1. The summed E-state index contributed by atoms with van der Waals surface area (Å²) < 4.78 is 0. The molecule has 4 fully saturated rings. The van der Waals surface area contributed by atoms with Gasteiger partial charge in [-0.2, -0.15) is 0 Å². The Morgan fingerprint density at radius 1 is 1.40 bits per heavy atom. The maximum atomic E-state index is 11.9. The van der Waals surface area contributed by atoms with E-state index in [1.165, 1.54) is 32.2 Å². The standard InChI is InChI=1S/C12H20N2O/c15-12-11-5-10(6-11)8-14(12)4-2-9-1-3-13-7-9/h9-11,13H,1-8H2. The highest BCUT2D eigenvalue weighted by molar-refractivity contribution is 5.81. The van der Waals surface area contributed by atoms with Gasteiger partial charge < -0.3 is 10.2 Å². The van der Waals surface area contributed by atoms with Gasteiger partial charge in [-0.05, 0) is 50.6 Å². The van der Waals surface area contributed by atoms with Crippen molar-refractivity contribution in [3.63, 3.8) is 0 Å². The number of rotatable bonds is 3. The van der Waals surface area contributed by atoms with Gasteiger partial charge in [0.2, 0.25) is 5.91 Å². The van der Waals surface area contributed by atoms with E-state index in [-0.39, 0.29) is 0 Å². The molecular formula is C12H20N2O. The Balaban J connectivity index is 1.48. The van der Waals surface area contributed by atoms with Gasteiger partial charge in [-0.25, -0.2) is 0 Å². The van der Waals surface area contributed by atoms with Gasteiger partial charge >= 0.3 is 0 Å². The van der Waals surface area contributed by atoms with E-state index in [1.54, 1.807) is 0 Å². The number of piperidine rings is 2. The summed E-state index contributed by atoms with van der Waals surface area (Å²) in [5.41, 5.74) is 0. The van der Waals surface area contributed by atoms with Gasteiger partial charge in [0.05, 0.1) is 0 Å². The highest BCUT2D eigenvalue weighted by Crippen LogP contribution is 2.40. The zero-order valence-corrected chi connectivity index (χ0v) is 9.24. The van der Waals surface area contributed by atoms with Crippen molar-refractivity contribution >= 4 is 5.91 Å². The summed E-state index contributed by atoms with van der Waals surface area (Å²) in [5, 5.41) is 3.39. The van der Waals surface area contributed by atoms with Crippen LogP contribution in [0.2, 0.25) is 0 Å². The summed E-state index contributed by atoms with van der Waals surface area (Å²) in [6, 6.07) is 0. The van der Waals surface area contributed by atoms with Crippen molar-refractivity contribution in [3.05, 3.63) is 0 Å². The van der Waals surface area contributed by atoms with Crippen LogP contribution in [0.1, 0.15) is 25.7 Å². The van der Waals surface area contributed by atoms with Crippen LogP contribution in [0.3, 0.4) is 0 Å². The lowest BCUT2D eigenvalue weighted by Gasteiger charge is -2.46. The van der Waals surface area contributed by atoms with Gasteiger partial charge in [-0.3, -0.25) is 4.79 Å². The Morgan fingerprint density at radius 3 is 2.93 bits per heavy atom. The summed E-state index contributed by atoms with van der Waals surface area (Å²) in [7, 11) is 0. The summed E-state index contributed by atoms with van der Waals surface area (Å²) in [6.45, 7) is 4.40. The Hall–Kier alpha value is -0.570. The average molecular weight is 208 g/mol. The zero-order valence-electron chi connectivity index (χ0n) is 9.24. The van der Waals surface area contributed by atoms with E-state index in [0.29, 0.717) is 11.8 Å². The van der Waals surface area contributed by atoms with Gasteiger partial charge in [0.25, 0.3) is 0 Å². The van der Waals surface area contributed by atoms with Gasteiger partial charge in [0, 0.05) is 19.0 Å². The molecule has 1 unspecified atom stereocenters. The fraction of sp³-hybridized carbons (Fsp3) is 0.917.